The van der Waals surface area contributed by atoms with Gasteiger partial charge < -0.3 is 14.8 Å². The van der Waals surface area contributed by atoms with Crippen LogP contribution in [0.2, 0.25) is 0 Å². The van der Waals surface area contributed by atoms with Crippen molar-refractivity contribution in [2.45, 2.75) is 25.1 Å². The summed E-state index contributed by atoms with van der Waals surface area (Å²) in [5.74, 6) is 3.84. The molecule has 1 N–H and O–H groups in total. The highest BCUT2D eigenvalue weighted by atomic mass is 16.5. The van der Waals surface area contributed by atoms with Gasteiger partial charge in [0.2, 0.25) is 0 Å². The molecule has 1 saturated heterocycles. The molecule has 1 fully saturated rings. The molecule has 0 aromatic heterocycles. The van der Waals surface area contributed by atoms with E-state index < -0.39 is 5.72 Å². The van der Waals surface area contributed by atoms with Crippen LogP contribution >= 0.6 is 0 Å². The largest absolute Gasteiger partial charge is 0.493 e. The molecule has 2 amide bonds. The minimum atomic E-state index is -0.749. The van der Waals surface area contributed by atoms with Crippen LogP contribution in [-0.4, -0.2) is 30.3 Å². The van der Waals surface area contributed by atoms with E-state index in [1.165, 1.54) is 0 Å². The lowest BCUT2D eigenvalue weighted by Crippen LogP contribution is -2.64. The summed E-state index contributed by atoms with van der Waals surface area (Å²) in [4.78, 5) is 13.7. The highest BCUT2D eigenvalue weighted by Gasteiger charge is 2.49. The lowest BCUT2D eigenvalue weighted by Gasteiger charge is -2.50. The fourth-order valence-corrected chi connectivity index (χ4v) is 2.89. The number of benzene rings is 1. The molecule has 1 aromatic rings. The van der Waals surface area contributed by atoms with E-state index >= 15 is 0 Å². The molecule has 1 aromatic carbocycles. The van der Waals surface area contributed by atoms with Gasteiger partial charge in [-0.2, -0.15) is 0 Å². The maximum atomic E-state index is 12.2. The molecular weight excluding hydrogens is 256 g/mol. The number of carbonyl (C=O) groups excluding carboxylic acids is 1. The Labute approximate surface area is 117 Å². The van der Waals surface area contributed by atoms with E-state index in [0.717, 1.165) is 5.56 Å². The Balaban J connectivity index is 2.09. The first-order valence-electron chi connectivity index (χ1n) is 6.46. The van der Waals surface area contributed by atoms with Crippen LogP contribution in [-0.2, 0) is 0 Å². The van der Waals surface area contributed by atoms with Gasteiger partial charge in [0.25, 0.3) is 0 Å². The molecule has 20 heavy (non-hydrogen) atoms. The predicted octanol–water partition coefficient (Wildman–Crippen LogP) is 1.89. The third kappa shape index (κ3) is 1.68. The average molecular weight is 272 g/mol. The maximum absolute atomic E-state index is 12.2. The molecule has 5 heteroatoms. The molecule has 2 aliphatic rings. The van der Waals surface area contributed by atoms with Crippen LogP contribution in [0, 0.1) is 12.3 Å². The second kappa shape index (κ2) is 4.34. The number of hydrogen-bond acceptors (Lipinski definition) is 3. The van der Waals surface area contributed by atoms with E-state index in [2.05, 4.69) is 11.2 Å². The molecule has 0 aliphatic carbocycles. The molecule has 3 rings (SSSR count). The van der Waals surface area contributed by atoms with Gasteiger partial charge in [0, 0.05) is 12.0 Å². The van der Waals surface area contributed by atoms with Crippen LogP contribution < -0.4 is 14.8 Å². The summed E-state index contributed by atoms with van der Waals surface area (Å²) < 4.78 is 11.4. The van der Waals surface area contributed by atoms with Crippen molar-refractivity contribution in [2.24, 2.45) is 0 Å². The first kappa shape index (κ1) is 12.7. The Kier molecular flexibility index (Phi) is 2.75. The number of terminal acetylenes is 1. The Hall–Kier alpha value is -2.35. The smallest absolute Gasteiger partial charge is 0.321 e. The molecule has 104 valence electrons. The zero-order valence-corrected chi connectivity index (χ0v) is 11.5. The lowest BCUT2D eigenvalue weighted by molar-refractivity contribution is -0.0792. The molecule has 0 radical (unpaired) electrons. The quantitative estimate of drug-likeness (QED) is 0.836. The summed E-state index contributed by atoms with van der Waals surface area (Å²) in [6.45, 7) is 2.09. The summed E-state index contributed by atoms with van der Waals surface area (Å²) in [5, 5.41) is 2.97. The predicted molar refractivity (Wildman–Crippen MR) is 73.5 cm³/mol. The highest BCUT2D eigenvalue weighted by Crippen LogP contribution is 2.47. The summed E-state index contributed by atoms with van der Waals surface area (Å²) in [6, 6.07) is 5.40. The van der Waals surface area contributed by atoms with Gasteiger partial charge in [0.1, 0.15) is 0 Å². The molecule has 5 nitrogen and oxygen atoms in total. The number of hydrogen-bond donors (Lipinski definition) is 1. The lowest BCUT2D eigenvalue weighted by atomic mass is 9.90. The van der Waals surface area contributed by atoms with Crippen molar-refractivity contribution in [1.82, 2.24) is 10.2 Å². The number of carbonyl (C=O) groups is 1. The molecule has 2 heterocycles. The second-order valence-corrected chi connectivity index (χ2v) is 5.15. The van der Waals surface area contributed by atoms with Crippen LogP contribution in [0.25, 0.3) is 0 Å². The van der Waals surface area contributed by atoms with Crippen molar-refractivity contribution in [2.75, 3.05) is 13.7 Å². The normalized spacial score (nSPS) is 26.9. The summed E-state index contributed by atoms with van der Waals surface area (Å²) in [7, 11) is 1.60. The first-order valence-corrected chi connectivity index (χ1v) is 6.46. The minimum Gasteiger partial charge on any atom is -0.493 e. The first-order chi connectivity index (χ1) is 9.59. The number of rotatable bonds is 2. The molecule has 2 aliphatic heterocycles. The van der Waals surface area contributed by atoms with Crippen LogP contribution in [0.15, 0.2) is 18.2 Å². The summed E-state index contributed by atoms with van der Waals surface area (Å²) in [6.07, 6.45) is 6.00. The third-order valence-electron chi connectivity index (χ3n) is 3.87. The number of amides is 2. The van der Waals surface area contributed by atoms with E-state index in [-0.39, 0.29) is 18.6 Å². The van der Waals surface area contributed by atoms with Crippen molar-refractivity contribution in [3.8, 4) is 23.8 Å². The van der Waals surface area contributed by atoms with Crippen molar-refractivity contribution >= 4 is 6.03 Å². The van der Waals surface area contributed by atoms with Crippen LogP contribution in [0.4, 0.5) is 4.79 Å². The van der Waals surface area contributed by atoms with Crippen LogP contribution in [0.1, 0.15) is 24.9 Å². The van der Waals surface area contributed by atoms with Gasteiger partial charge in [-0.05, 0) is 13.0 Å². The molecule has 0 saturated carbocycles. The number of nitrogens with one attached hydrogen (secondary N) is 1. The number of ether oxygens (including phenoxy) is 2. The fourth-order valence-electron chi connectivity index (χ4n) is 2.89. The third-order valence-corrected chi connectivity index (χ3v) is 3.87. The van der Waals surface area contributed by atoms with Gasteiger partial charge in [0.15, 0.2) is 17.2 Å². The topological polar surface area (TPSA) is 50.8 Å². The SMILES string of the molecule is C#CCN1C(=O)NC2CC1(C)Oc1c(OC)cccc12. The number of nitrogens with zero attached hydrogens (tertiary/aromatic N) is 1. The van der Waals surface area contributed by atoms with Crippen molar-refractivity contribution in [3.05, 3.63) is 23.8 Å². The number of methoxy groups -OCH3 is 1. The zero-order valence-electron chi connectivity index (χ0n) is 11.5. The highest BCUT2D eigenvalue weighted by molar-refractivity contribution is 5.78. The van der Waals surface area contributed by atoms with Gasteiger partial charge in [-0.3, -0.25) is 4.90 Å². The van der Waals surface area contributed by atoms with Gasteiger partial charge in [-0.1, -0.05) is 18.1 Å². The van der Waals surface area contributed by atoms with E-state index in [1.807, 2.05) is 25.1 Å². The van der Waals surface area contributed by atoms with Gasteiger partial charge in [0.05, 0.1) is 19.7 Å². The maximum Gasteiger partial charge on any atom is 0.321 e. The number of fused-ring (bicyclic) bond motifs is 4. The Bertz CT molecular complexity index is 608. The fraction of sp³-hybridized carbons (Fsp3) is 0.400. The van der Waals surface area contributed by atoms with Gasteiger partial charge in [-0.25, -0.2) is 4.79 Å². The van der Waals surface area contributed by atoms with E-state index in [0.29, 0.717) is 17.9 Å². The Morgan fingerprint density at radius 3 is 3.15 bits per heavy atom. The Morgan fingerprint density at radius 2 is 2.45 bits per heavy atom. The Morgan fingerprint density at radius 1 is 1.65 bits per heavy atom. The van der Waals surface area contributed by atoms with E-state index in [4.69, 9.17) is 15.9 Å². The molecule has 2 bridgehead atoms. The number of para-hydroxylation sites is 1. The average Bonchev–Trinajstić information content (AvgIpc) is 2.42. The number of urea groups is 1. The summed E-state index contributed by atoms with van der Waals surface area (Å²) in [5.41, 5.74) is 0.191. The molecule has 2 atom stereocenters. The van der Waals surface area contributed by atoms with Crippen molar-refractivity contribution in [3.63, 3.8) is 0 Å². The van der Waals surface area contributed by atoms with Crippen LogP contribution in [0.5, 0.6) is 11.5 Å². The summed E-state index contributed by atoms with van der Waals surface area (Å²) >= 11 is 0. The van der Waals surface area contributed by atoms with E-state index in [9.17, 15) is 4.79 Å². The minimum absolute atomic E-state index is 0.0830. The molecule has 0 spiro atoms. The van der Waals surface area contributed by atoms with Crippen molar-refractivity contribution in [1.29, 1.82) is 0 Å². The van der Waals surface area contributed by atoms with Crippen LogP contribution in [0.3, 0.4) is 0 Å². The van der Waals surface area contributed by atoms with Crippen molar-refractivity contribution < 1.29 is 14.3 Å². The second-order valence-electron chi connectivity index (χ2n) is 5.15. The van der Waals surface area contributed by atoms with Gasteiger partial charge >= 0.3 is 6.03 Å². The monoisotopic (exact) mass is 272 g/mol. The molecular formula is C15H16N2O3. The van der Waals surface area contributed by atoms with Gasteiger partial charge in [-0.15, -0.1) is 6.42 Å². The standard InChI is InChI=1S/C15H16N2O3/c1-4-8-17-14(18)16-11-9-15(17,2)20-13-10(11)6-5-7-12(13)19-3/h1,5-7,11H,8-9H2,2-3H3,(H,16,18). The molecule has 2 unspecified atom stereocenters. The van der Waals surface area contributed by atoms with E-state index in [1.54, 1.807) is 12.0 Å². The zero-order chi connectivity index (χ0) is 14.3.